The van der Waals surface area contributed by atoms with Crippen LogP contribution < -0.4 is 5.73 Å². The average molecular weight is 365 g/mol. The van der Waals surface area contributed by atoms with Gasteiger partial charge in [0.15, 0.2) is 11.5 Å². The topological polar surface area (TPSA) is 127 Å². The Morgan fingerprint density at radius 3 is 2.77 bits per heavy atom. The third kappa shape index (κ3) is 2.33. The van der Waals surface area contributed by atoms with E-state index in [2.05, 4.69) is 15.0 Å². The van der Waals surface area contributed by atoms with Crippen LogP contribution in [0.1, 0.15) is 19.4 Å². The highest BCUT2D eigenvalue weighted by Gasteiger charge is 2.77. The zero-order chi connectivity index (χ0) is 18.5. The van der Waals surface area contributed by atoms with Gasteiger partial charge >= 0.3 is 0 Å². The molecule has 0 aromatic carbocycles. The van der Waals surface area contributed by atoms with E-state index in [0.29, 0.717) is 23.4 Å². The second-order valence-corrected chi connectivity index (χ2v) is 7.02. The minimum Gasteiger partial charge on any atom is -0.387 e. The maximum absolute atomic E-state index is 11.1. The van der Waals surface area contributed by atoms with Crippen molar-refractivity contribution in [1.29, 1.82) is 0 Å². The lowest BCUT2D eigenvalue weighted by Crippen LogP contribution is -2.51. The molecular weight excluding hydrogens is 342 g/mol. The fourth-order valence-corrected chi connectivity index (χ4v) is 4.37. The average Bonchev–Trinajstić information content (AvgIpc) is 3.01. The first-order chi connectivity index (χ1) is 12.5. The summed E-state index contributed by atoms with van der Waals surface area (Å²) in [6.45, 7) is 2.02. The molecule has 2 aliphatic rings. The smallest absolute Gasteiger partial charge is 0.165 e. The number of nitrogen functional groups attached to an aromatic ring is 1. The van der Waals surface area contributed by atoms with Gasteiger partial charge in [0, 0.05) is 20.1 Å². The zero-order valence-corrected chi connectivity index (χ0v) is 15.0. The fourth-order valence-electron chi connectivity index (χ4n) is 4.37. The zero-order valence-electron chi connectivity index (χ0n) is 15.0. The summed E-state index contributed by atoms with van der Waals surface area (Å²) in [7, 11) is 3.09. The molecule has 26 heavy (non-hydrogen) atoms. The highest BCUT2D eigenvalue weighted by Crippen LogP contribution is 2.66. The lowest BCUT2D eigenvalue weighted by molar-refractivity contribution is -0.226. The van der Waals surface area contributed by atoms with Crippen LogP contribution in [0.5, 0.6) is 0 Å². The number of hydrogen-bond acceptors (Lipinski definition) is 9. The maximum atomic E-state index is 11.1. The summed E-state index contributed by atoms with van der Waals surface area (Å²) >= 11 is 0. The van der Waals surface area contributed by atoms with Crippen molar-refractivity contribution in [2.75, 3.05) is 33.5 Å². The summed E-state index contributed by atoms with van der Waals surface area (Å²) < 4.78 is 23.9. The van der Waals surface area contributed by atoms with Gasteiger partial charge in [-0.15, -0.1) is 0 Å². The number of aliphatic hydroxyl groups is 1. The molecule has 0 bridgehead atoms. The van der Waals surface area contributed by atoms with Crippen molar-refractivity contribution < 1.29 is 24.1 Å². The van der Waals surface area contributed by atoms with Crippen molar-refractivity contribution in [1.82, 2.24) is 19.5 Å². The molecule has 10 nitrogen and oxygen atoms in total. The van der Waals surface area contributed by atoms with Gasteiger partial charge in [-0.05, 0) is 13.3 Å². The predicted octanol–water partition coefficient (Wildman–Crippen LogP) is 0.0825. The molecule has 3 N–H and O–H groups in total. The van der Waals surface area contributed by atoms with Crippen molar-refractivity contribution in [2.24, 2.45) is 5.92 Å². The van der Waals surface area contributed by atoms with Gasteiger partial charge in [-0.3, -0.25) is 0 Å². The standard InChI is InChI=1S/C16H23N5O5/c1-15(26-8-24-3)11(9-4-16(9,22)14(15)25-7-23-2)21-6-20-10-12(17)18-5-19-13(10)21/h5-6,9,11,14,22H,4,7-8H2,1-3H3,(H2,17,18,19)/t9-,11-,14-,15?,16+/m1/s1. The lowest BCUT2D eigenvalue weighted by atomic mass is 9.91. The second-order valence-electron chi connectivity index (χ2n) is 7.02. The Kier molecular flexibility index (Phi) is 4.12. The maximum Gasteiger partial charge on any atom is 0.165 e. The highest BCUT2D eigenvalue weighted by atomic mass is 16.7. The van der Waals surface area contributed by atoms with E-state index in [-0.39, 0.29) is 25.5 Å². The van der Waals surface area contributed by atoms with E-state index in [9.17, 15) is 5.11 Å². The summed E-state index contributed by atoms with van der Waals surface area (Å²) in [6.07, 6.45) is 3.07. The first kappa shape index (κ1) is 17.6. The minimum absolute atomic E-state index is 0.0537. The monoisotopic (exact) mass is 365 g/mol. The Hall–Kier alpha value is -1.85. The number of hydrogen-bond donors (Lipinski definition) is 2. The molecule has 2 aromatic heterocycles. The molecule has 5 atom stereocenters. The van der Waals surface area contributed by atoms with Crippen molar-refractivity contribution in [3.05, 3.63) is 12.7 Å². The Bertz CT molecular complexity index is 815. The van der Waals surface area contributed by atoms with Crippen LogP contribution in [-0.4, -0.2) is 69.7 Å². The van der Waals surface area contributed by atoms with Gasteiger partial charge in [0.1, 0.15) is 37.1 Å². The molecule has 2 saturated carbocycles. The molecule has 2 heterocycles. The molecule has 2 aromatic rings. The van der Waals surface area contributed by atoms with E-state index < -0.39 is 17.3 Å². The van der Waals surface area contributed by atoms with Gasteiger partial charge in [-0.1, -0.05) is 0 Å². The summed E-state index contributed by atoms with van der Waals surface area (Å²) in [5, 5.41) is 11.1. The molecular formula is C16H23N5O5. The lowest BCUT2D eigenvalue weighted by Gasteiger charge is -2.39. The first-order valence-electron chi connectivity index (χ1n) is 8.36. The molecule has 0 radical (unpaired) electrons. The van der Waals surface area contributed by atoms with E-state index in [4.69, 9.17) is 24.7 Å². The second kappa shape index (κ2) is 6.10. The van der Waals surface area contributed by atoms with Crippen molar-refractivity contribution in [2.45, 2.75) is 36.7 Å². The van der Waals surface area contributed by atoms with Crippen LogP contribution in [0, 0.1) is 5.92 Å². The van der Waals surface area contributed by atoms with E-state index in [1.165, 1.54) is 13.4 Å². The van der Waals surface area contributed by atoms with Crippen LogP contribution in [0.15, 0.2) is 12.7 Å². The summed E-state index contributed by atoms with van der Waals surface area (Å²) in [6, 6.07) is -0.260. The van der Waals surface area contributed by atoms with Crippen LogP contribution in [0.2, 0.25) is 0 Å². The number of nitrogens with zero attached hydrogens (tertiary/aromatic N) is 4. The van der Waals surface area contributed by atoms with Gasteiger partial charge in [0.2, 0.25) is 0 Å². The largest absolute Gasteiger partial charge is 0.387 e. The van der Waals surface area contributed by atoms with E-state index in [0.717, 1.165) is 0 Å². The molecule has 2 aliphatic carbocycles. The first-order valence-corrected chi connectivity index (χ1v) is 8.36. The fraction of sp³-hybridized carbons (Fsp3) is 0.688. The van der Waals surface area contributed by atoms with Crippen molar-refractivity contribution in [3.63, 3.8) is 0 Å². The molecule has 0 spiro atoms. The number of anilines is 1. The molecule has 0 saturated heterocycles. The number of fused-ring (bicyclic) bond motifs is 2. The van der Waals surface area contributed by atoms with Gasteiger partial charge in [0.05, 0.1) is 18.0 Å². The Morgan fingerprint density at radius 1 is 1.27 bits per heavy atom. The molecule has 0 aliphatic heterocycles. The van der Waals surface area contributed by atoms with Crippen LogP contribution in [0.3, 0.4) is 0 Å². The van der Waals surface area contributed by atoms with Crippen molar-refractivity contribution >= 4 is 17.0 Å². The molecule has 4 rings (SSSR count). The van der Waals surface area contributed by atoms with Crippen molar-refractivity contribution in [3.8, 4) is 0 Å². The Balaban J connectivity index is 1.79. The van der Waals surface area contributed by atoms with Gasteiger partial charge in [0.25, 0.3) is 0 Å². The van der Waals surface area contributed by atoms with E-state index >= 15 is 0 Å². The van der Waals surface area contributed by atoms with E-state index in [1.54, 1.807) is 13.4 Å². The quantitative estimate of drug-likeness (QED) is 0.656. The van der Waals surface area contributed by atoms with Gasteiger partial charge in [-0.25, -0.2) is 15.0 Å². The van der Waals surface area contributed by atoms with Crippen LogP contribution >= 0.6 is 0 Å². The summed E-state index contributed by atoms with van der Waals surface area (Å²) in [5.41, 5.74) is 5.15. The van der Waals surface area contributed by atoms with Crippen LogP contribution in [-0.2, 0) is 18.9 Å². The molecule has 1 unspecified atom stereocenters. The third-order valence-corrected chi connectivity index (χ3v) is 5.50. The van der Waals surface area contributed by atoms with E-state index in [1.807, 2.05) is 11.5 Å². The summed E-state index contributed by atoms with van der Waals surface area (Å²) in [5.74, 6) is 0.240. The molecule has 0 amide bonds. The number of imidazole rings is 1. The number of rotatable bonds is 7. The predicted molar refractivity (Wildman–Crippen MR) is 89.9 cm³/mol. The Labute approximate surface area is 150 Å². The van der Waals surface area contributed by atoms with Gasteiger partial charge < -0.3 is 34.4 Å². The SMILES string of the molecule is COCO[C@@H]1C(C)(OCOC)[C@H](n2cnc3c(N)ncnc32)[C@H]2C[C@]21O. The minimum atomic E-state index is -0.999. The van der Waals surface area contributed by atoms with Crippen LogP contribution in [0.25, 0.3) is 11.2 Å². The number of aromatic nitrogens is 4. The highest BCUT2D eigenvalue weighted by molar-refractivity contribution is 5.81. The summed E-state index contributed by atoms with van der Waals surface area (Å²) in [4.78, 5) is 12.7. The molecule has 142 valence electrons. The normalized spacial score (nSPS) is 35.8. The molecule has 2 fully saturated rings. The Morgan fingerprint density at radius 2 is 2.04 bits per heavy atom. The van der Waals surface area contributed by atoms with Crippen LogP contribution in [0.4, 0.5) is 5.82 Å². The number of ether oxygens (including phenoxy) is 4. The number of nitrogens with two attached hydrogens (primary N) is 1. The van der Waals surface area contributed by atoms with Gasteiger partial charge in [-0.2, -0.15) is 0 Å². The third-order valence-electron chi connectivity index (χ3n) is 5.50. The molecule has 10 heteroatoms. The number of methoxy groups -OCH3 is 2.